The summed E-state index contributed by atoms with van der Waals surface area (Å²) in [4.78, 5) is 25.0. The number of ether oxygens (including phenoxy) is 4. The van der Waals surface area contributed by atoms with E-state index in [-0.39, 0.29) is 42.5 Å². The quantitative estimate of drug-likeness (QED) is 0.572. The van der Waals surface area contributed by atoms with Gasteiger partial charge in [-0.15, -0.1) is 0 Å². The van der Waals surface area contributed by atoms with E-state index in [0.717, 1.165) is 0 Å². The number of carbonyl (C=O) groups excluding carboxylic acids is 2. The van der Waals surface area contributed by atoms with E-state index in [1.807, 2.05) is 0 Å². The summed E-state index contributed by atoms with van der Waals surface area (Å²) in [6, 6.07) is 10.7. The van der Waals surface area contributed by atoms with Crippen molar-refractivity contribution in [3.63, 3.8) is 0 Å². The van der Waals surface area contributed by atoms with Gasteiger partial charge in [0.2, 0.25) is 10.0 Å². The molecule has 1 atom stereocenters. The molecule has 1 N–H and O–H groups in total. The second-order valence-electron chi connectivity index (χ2n) is 7.15. The van der Waals surface area contributed by atoms with Crippen LogP contribution in [0, 0.1) is 0 Å². The second-order valence-corrected chi connectivity index (χ2v) is 9.06. The molecule has 10 nitrogen and oxygen atoms in total. The van der Waals surface area contributed by atoms with E-state index in [1.165, 1.54) is 43.6 Å². The van der Waals surface area contributed by atoms with Crippen molar-refractivity contribution in [2.24, 2.45) is 0 Å². The molecule has 3 rings (SSSR count). The molecule has 1 fully saturated rings. The van der Waals surface area contributed by atoms with Crippen molar-refractivity contribution < 1.29 is 37.0 Å². The van der Waals surface area contributed by atoms with E-state index in [9.17, 15) is 18.0 Å². The molecule has 11 heteroatoms. The van der Waals surface area contributed by atoms with Crippen LogP contribution in [-0.2, 0) is 24.3 Å². The molecule has 178 valence electrons. The Morgan fingerprint density at radius 3 is 2.45 bits per heavy atom. The number of anilines is 1. The summed E-state index contributed by atoms with van der Waals surface area (Å²) in [6.45, 7) is 2.37. The van der Waals surface area contributed by atoms with Crippen LogP contribution in [0.4, 0.5) is 5.69 Å². The zero-order valence-electron chi connectivity index (χ0n) is 18.6. The molecule has 0 radical (unpaired) electrons. The summed E-state index contributed by atoms with van der Waals surface area (Å²) >= 11 is 0. The first-order valence-electron chi connectivity index (χ1n) is 10.2. The van der Waals surface area contributed by atoms with Gasteiger partial charge in [0.25, 0.3) is 5.91 Å². The number of carbonyl (C=O) groups is 2. The Morgan fingerprint density at radius 2 is 1.79 bits per heavy atom. The minimum absolute atomic E-state index is 0.0244. The van der Waals surface area contributed by atoms with Gasteiger partial charge in [-0.2, -0.15) is 4.31 Å². The highest BCUT2D eigenvalue weighted by Gasteiger charge is 2.30. The number of benzene rings is 2. The smallest absolute Gasteiger partial charge is 0.338 e. The molecule has 0 bridgehead atoms. The van der Waals surface area contributed by atoms with Crippen molar-refractivity contribution >= 4 is 27.6 Å². The number of methoxy groups -OCH3 is 2. The van der Waals surface area contributed by atoms with Crippen molar-refractivity contribution in [3.8, 4) is 11.5 Å². The number of nitrogens with zero attached hydrogens (tertiary/aromatic N) is 1. The van der Waals surface area contributed by atoms with E-state index < -0.39 is 28.0 Å². The van der Waals surface area contributed by atoms with Gasteiger partial charge in [-0.3, -0.25) is 4.79 Å². The number of hydrogen-bond acceptors (Lipinski definition) is 8. The summed E-state index contributed by atoms with van der Waals surface area (Å²) in [5, 5.41) is 2.64. The Morgan fingerprint density at radius 1 is 1.06 bits per heavy atom. The van der Waals surface area contributed by atoms with E-state index in [4.69, 9.17) is 18.9 Å². The number of rotatable bonds is 8. The van der Waals surface area contributed by atoms with Crippen LogP contribution in [0.15, 0.2) is 47.4 Å². The molecule has 2 aromatic carbocycles. The van der Waals surface area contributed by atoms with Crippen molar-refractivity contribution in [1.82, 2.24) is 4.31 Å². The number of amides is 1. The van der Waals surface area contributed by atoms with Gasteiger partial charge in [-0.25, -0.2) is 13.2 Å². The zero-order valence-corrected chi connectivity index (χ0v) is 19.4. The zero-order chi connectivity index (χ0) is 24.0. The predicted molar refractivity (Wildman–Crippen MR) is 119 cm³/mol. The molecule has 0 saturated carbocycles. The number of esters is 1. The standard InChI is InChI=1S/C22H26N2O8S/c1-15(21(25)23-17-5-4-6-18(14-17)29-2)32-22(26)16-7-8-19(30-3)20(13-16)33(27,28)24-9-11-31-12-10-24/h4-8,13-15H,9-12H2,1-3H3,(H,23,25). The largest absolute Gasteiger partial charge is 0.497 e. The van der Waals surface area contributed by atoms with Crippen LogP contribution in [-0.4, -0.2) is 71.2 Å². The molecule has 1 saturated heterocycles. The molecule has 2 aromatic rings. The van der Waals surface area contributed by atoms with Crippen LogP contribution in [0.2, 0.25) is 0 Å². The Hall–Kier alpha value is -3.15. The molecule has 0 aromatic heterocycles. The first-order chi connectivity index (χ1) is 15.8. The van der Waals surface area contributed by atoms with Crippen LogP contribution in [0.3, 0.4) is 0 Å². The Bertz CT molecular complexity index is 1110. The average Bonchev–Trinajstić information content (AvgIpc) is 2.84. The van der Waals surface area contributed by atoms with Crippen LogP contribution in [0.1, 0.15) is 17.3 Å². The third-order valence-corrected chi connectivity index (χ3v) is 6.90. The summed E-state index contributed by atoms with van der Waals surface area (Å²) in [7, 11) is -1.07. The van der Waals surface area contributed by atoms with Gasteiger partial charge in [0, 0.05) is 24.8 Å². The average molecular weight is 479 g/mol. The first-order valence-corrected chi connectivity index (χ1v) is 11.6. The lowest BCUT2D eigenvalue weighted by atomic mass is 10.2. The van der Waals surface area contributed by atoms with Crippen molar-refractivity contribution in [3.05, 3.63) is 48.0 Å². The van der Waals surface area contributed by atoms with Gasteiger partial charge in [0.15, 0.2) is 6.10 Å². The molecular formula is C22H26N2O8S. The normalized spacial score (nSPS) is 15.4. The van der Waals surface area contributed by atoms with Gasteiger partial charge in [-0.1, -0.05) is 6.07 Å². The lowest BCUT2D eigenvalue weighted by Crippen LogP contribution is -2.40. The topological polar surface area (TPSA) is 120 Å². The molecule has 0 aliphatic carbocycles. The third kappa shape index (κ3) is 5.81. The highest BCUT2D eigenvalue weighted by Crippen LogP contribution is 2.29. The molecule has 0 spiro atoms. The maximum atomic E-state index is 13.1. The molecule has 33 heavy (non-hydrogen) atoms. The van der Waals surface area contributed by atoms with Gasteiger partial charge in [0.1, 0.15) is 16.4 Å². The van der Waals surface area contributed by atoms with Crippen LogP contribution >= 0.6 is 0 Å². The van der Waals surface area contributed by atoms with E-state index in [2.05, 4.69) is 5.32 Å². The maximum absolute atomic E-state index is 13.1. The Balaban J connectivity index is 1.75. The molecule has 1 amide bonds. The first kappa shape index (κ1) is 24.5. The van der Waals surface area contributed by atoms with Crippen molar-refractivity contribution in [1.29, 1.82) is 0 Å². The molecule has 1 aliphatic heterocycles. The summed E-state index contributed by atoms with van der Waals surface area (Å²) in [6.07, 6.45) is -1.13. The highest BCUT2D eigenvalue weighted by atomic mass is 32.2. The molecule has 1 aliphatic rings. The highest BCUT2D eigenvalue weighted by molar-refractivity contribution is 7.89. The van der Waals surface area contributed by atoms with Gasteiger partial charge in [0.05, 0.1) is 33.0 Å². The van der Waals surface area contributed by atoms with Crippen LogP contribution in [0.25, 0.3) is 0 Å². The SMILES string of the molecule is COc1cccc(NC(=O)C(C)OC(=O)c2ccc(OC)c(S(=O)(=O)N3CCOCC3)c2)c1. The maximum Gasteiger partial charge on any atom is 0.338 e. The third-order valence-electron chi connectivity index (χ3n) is 4.98. The molecule has 1 unspecified atom stereocenters. The van der Waals surface area contributed by atoms with Crippen molar-refractivity contribution in [2.75, 3.05) is 45.8 Å². The Kier molecular flexibility index (Phi) is 7.90. The number of sulfonamides is 1. The summed E-state index contributed by atoms with van der Waals surface area (Å²) in [5.41, 5.74) is 0.453. The minimum atomic E-state index is -3.92. The fourth-order valence-electron chi connectivity index (χ4n) is 3.16. The van der Waals surface area contributed by atoms with Crippen molar-refractivity contribution in [2.45, 2.75) is 17.9 Å². The fraction of sp³-hybridized carbons (Fsp3) is 0.364. The number of nitrogens with one attached hydrogen (secondary N) is 1. The van der Waals surface area contributed by atoms with E-state index >= 15 is 0 Å². The fourth-order valence-corrected chi connectivity index (χ4v) is 4.75. The van der Waals surface area contributed by atoms with Crippen LogP contribution < -0.4 is 14.8 Å². The number of hydrogen-bond donors (Lipinski definition) is 1. The van der Waals surface area contributed by atoms with Gasteiger partial charge < -0.3 is 24.3 Å². The minimum Gasteiger partial charge on any atom is -0.497 e. The lowest BCUT2D eigenvalue weighted by Gasteiger charge is -2.26. The van der Waals surface area contributed by atoms with E-state index in [1.54, 1.807) is 24.3 Å². The summed E-state index contributed by atoms with van der Waals surface area (Å²) < 4.78 is 48.2. The van der Waals surface area contributed by atoms with Gasteiger partial charge in [-0.05, 0) is 37.3 Å². The number of morpholine rings is 1. The van der Waals surface area contributed by atoms with Gasteiger partial charge >= 0.3 is 5.97 Å². The predicted octanol–water partition coefficient (Wildman–Crippen LogP) is 1.91. The Labute approximate surface area is 192 Å². The van der Waals surface area contributed by atoms with E-state index in [0.29, 0.717) is 11.4 Å². The second kappa shape index (κ2) is 10.6. The molecular weight excluding hydrogens is 452 g/mol. The molecule has 1 heterocycles. The van der Waals surface area contributed by atoms with Crippen LogP contribution in [0.5, 0.6) is 11.5 Å². The summed E-state index contributed by atoms with van der Waals surface area (Å²) in [5.74, 6) is -0.734. The monoisotopic (exact) mass is 478 g/mol. The lowest BCUT2D eigenvalue weighted by molar-refractivity contribution is -0.123.